The molecule has 0 spiro atoms. The number of aryl methyl sites for hydroxylation is 1. The number of benzene rings is 3. The van der Waals surface area contributed by atoms with E-state index in [1.165, 1.54) is 16.7 Å². The average Bonchev–Trinajstić information content (AvgIpc) is 3.13. The van der Waals surface area contributed by atoms with Crippen molar-refractivity contribution in [1.29, 1.82) is 0 Å². The summed E-state index contributed by atoms with van der Waals surface area (Å²) in [4.78, 5) is 29.4. The molecule has 0 radical (unpaired) electrons. The van der Waals surface area contributed by atoms with Crippen molar-refractivity contribution in [1.82, 2.24) is 0 Å². The molecule has 0 aliphatic carbocycles. The van der Waals surface area contributed by atoms with Gasteiger partial charge in [-0.15, -0.1) is 0 Å². The molecule has 4 rings (SSSR count). The Kier molecular flexibility index (Phi) is 7.98. The van der Waals surface area contributed by atoms with Gasteiger partial charge in [0, 0.05) is 30.5 Å². The lowest BCUT2D eigenvalue weighted by Gasteiger charge is -2.17. The van der Waals surface area contributed by atoms with Crippen molar-refractivity contribution < 1.29 is 14.3 Å². The Balaban J connectivity index is 1.41. The molecule has 0 unspecified atom stereocenters. The van der Waals surface area contributed by atoms with Gasteiger partial charge in [-0.05, 0) is 72.7 Å². The molecule has 3 aromatic rings. The van der Waals surface area contributed by atoms with Gasteiger partial charge in [-0.25, -0.2) is 0 Å². The van der Waals surface area contributed by atoms with Crippen molar-refractivity contribution in [3.05, 3.63) is 87.8 Å². The van der Waals surface area contributed by atoms with E-state index in [2.05, 4.69) is 5.32 Å². The fourth-order valence-corrected chi connectivity index (χ4v) is 4.93. The van der Waals surface area contributed by atoms with Crippen LogP contribution in [0.15, 0.2) is 71.6 Å². The smallest absolute Gasteiger partial charge is 0.270 e. The van der Waals surface area contributed by atoms with E-state index >= 15 is 0 Å². The highest BCUT2D eigenvalue weighted by Crippen LogP contribution is 2.36. The highest BCUT2D eigenvalue weighted by molar-refractivity contribution is 8.27. The Bertz CT molecular complexity index is 1360. The predicted octanol–water partition coefficient (Wildman–Crippen LogP) is 6.14. The van der Waals surface area contributed by atoms with Crippen molar-refractivity contribution in [3.8, 4) is 5.75 Å². The van der Waals surface area contributed by atoms with Crippen molar-refractivity contribution >= 4 is 74.9 Å². The van der Waals surface area contributed by atoms with E-state index in [0.29, 0.717) is 25.7 Å². The van der Waals surface area contributed by atoms with Crippen LogP contribution >= 0.6 is 35.6 Å². The highest BCUT2D eigenvalue weighted by Gasteiger charge is 2.33. The largest absolute Gasteiger partial charge is 0.484 e. The number of carbonyl (C=O) groups is 2. The number of halogens is 1. The number of thiocarbonyl (C=S) groups is 1. The lowest BCUT2D eigenvalue weighted by atomic mass is 10.2. The molecule has 9 heteroatoms. The first-order chi connectivity index (χ1) is 17.2. The van der Waals surface area contributed by atoms with Crippen LogP contribution in [0.25, 0.3) is 6.08 Å². The number of hydrogen-bond acceptors (Lipinski definition) is 6. The van der Waals surface area contributed by atoms with Gasteiger partial charge in [0.25, 0.3) is 11.8 Å². The molecule has 1 N–H and O–H groups in total. The molecule has 1 aliphatic rings. The molecule has 1 aliphatic heterocycles. The van der Waals surface area contributed by atoms with E-state index in [1.807, 2.05) is 62.3 Å². The fourth-order valence-electron chi connectivity index (χ4n) is 3.45. The average molecular weight is 538 g/mol. The second-order valence-corrected chi connectivity index (χ2v) is 10.4. The maximum Gasteiger partial charge on any atom is 0.270 e. The summed E-state index contributed by atoms with van der Waals surface area (Å²) in [7, 11) is 3.92. The molecule has 0 saturated carbocycles. The number of nitrogens with zero attached hydrogens (tertiary/aromatic N) is 2. The van der Waals surface area contributed by atoms with Gasteiger partial charge in [-0.2, -0.15) is 0 Å². The van der Waals surface area contributed by atoms with Crippen LogP contribution in [0, 0.1) is 6.92 Å². The van der Waals surface area contributed by atoms with E-state index in [9.17, 15) is 9.59 Å². The van der Waals surface area contributed by atoms with Crippen LogP contribution in [0.3, 0.4) is 0 Å². The molecule has 1 heterocycles. The van der Waals surface area contributed by atoms with E-state index in [0.717, 1.165) is 22.5 Å². The summed E-state index contributed by atoms with van der Waals surface area (Å²) in [5, 5.41) is 3.34. The number of rotatable bonds is 7. The lowest BCUT2D eigenvalue weighted by molar-refractivity contribution is -0.118. The van der Waals surface area contributed by atoms with Gasteiger partial charge in [-0.1, -0.05) is 53.8 Å². The first-order valence-corrected chi connectivity index (χ1v) is 12.7. The van der Waals surface area contributed by atoms with Gasteiger partial charge in [0.1, 0.15) is 5.75 Å². The normalized spacial score (nSPS) is 14.3. The first kappa shape index (κ1) is 25.8. The predicted molar refractivity (Wildman–Crippen MR) is 153 cm³/mol. The number of carbonyl (C=O) groups excluding carboxylic acids is 2. The SMILES string of the molecule is Cc1ccc(NC(=O)COc2cccc(/C=C3\SC(=S)N(c4ccc(N(C)C)cc4)C3=O)c2)cc1Cl. The summed E-state index contributed by atoms with van der Waals surface area (Å²) in [5.41, 5.74) is 4.06. The minimum atomic E-state index is -0.304. The van der Waals surface area contributed by atoms with E-state index in [4.69, 9.17) is 28.6 Å². The molecular weight excluding hydrogens is 514 g/mol. The van der Waals surface area contributed by atoms with Crippen LogP contribution in [0.1, 0.15) is 11.1 Å². The minimum Gasteiger partial charge on any atom is -0.484 e. The molecule has 184 valence electrons. The Labute approximate surface area is 224 Å². The molecule has 0 bridgehead atoms. The monoisotopic (exact) mass is 537 g/mol. The summed E-state index contributed by atoms with van der Waals surface area (Å²) >= 11 is 12.8. The van der Waals surface area contributed by atoms with Crippen LogP contribution in [0.4, 0.5) is 17.1 Å². The van der Waals surface area contributed by atoms with Gasteiger partial charge < -0.3 is 15.0 Å². The van der Waals surface area contributed by atoms with E-state index in [-0.39, 0.29) is 18.4 Å². The number of thioether (sulfide) groups is 1. The van der Waals surface area contributed by atoms with Crippen molar-refractivity contribution in [3.63, 3.8) is 0 Å². The van der Waals surface area contributed by atoms with Gasteiger partial charge in [0.05, 0.1) is 10.6 Å². The molecule has 2 amide bonds. The first-order valence-electron chi connectivity index (χ1n) is 11.1. The van der Waals surface area contributed by atoms with Gasteiger partial charge >= 0.3 is 0 Å². The summed E-state index contributed by atoms with van der Waals surface area (Å²) in [6, 6.07) is 20.2. The summed E-state index contributed by atoms with van der Waals surface area (Å²) in [6.07, 6.45) is 1.77. The topological polar surface area (TPSA) is 61.9 Å². The standard InChI is InChI=1S/C27H24ClN3O3S2/c1-17-7-8-19(15-23(17)28)29-25(32)16-34-22-6-4-5-18(13-22)14-24-26(33)31(27(35)36-24)21-11-9-20(10-12-21)30(2)3/h4-15H,16H2,1-3H3,(H,29,32)/b24-14-. The van der Waals surface area contributed by atoms with Gasteiger partial charge in [-0.3, -0.25) is 14.5 Å². The lowest BCUT2D eigenvalue weighted by Crippen LogP contribution is -2.27. The van der Waals surface area contributed by atoms with Crippen LogP contribution in [0.5, 0.6) is 5.75 Å². The van der Waals surface area contributed by atoms with Crippen molar-refractivity contribution in [2.45, 2.75) is 6.92 Å². The van der Waals surface area contributed by atoms with E-state index < -0.39 is 0 Å². The molecule has 3 aromatic carbocycles. The Hall–Kier alpha value is -3.33. The summed E-state index contributed by atoms with van der Waals surface area (Å²) in [5.74, 6) is 0.0298. The molecular formula is C27H24ClN3O3S2. The molecule has 0 atom stereocenters. The zero-order valence-corrected chi connectivity index (χ0v) is 22.3. The van der Waals surface area contributed by atoms with Crippen molar-refractivity contribution in [2.75, 3.05) is 35.8 Å². The van der Waals surface area contributed by atoms with Crippen LogP contribution in [0.2, 0.25) is 5.02 Å². The molecule has 0 aromatic heterocycles. The second-order valence-electron chi connectivity index (χ2n) is 8.30. The van der Waals surface area contributed by atoms with Crippen LogP contribution < -0.4 is 19.9 Å². The van der Waals surface area contributed by atoms with Crippen molar-refractivity contribution in [2.24, 2.45) is 0 Å². The Morgan fingerprint density at radius 2 is 1.89 bits per heavy atom. The zero-order valence-electron chi connectivity index (χ0n) is 19.9. The third-order valence-corrected chi connectivity index (χ3v) is 7.11. The number of hydrogen-bond donors (Lipinski definition) is 1. The second kappa shape index (κ2) is 11.2. The Morgan fingerprint density at radius 1 is 1.14 bits per heavy atom. The van der Waals surface area contributed by atoms with Crippen LogP contribution in [-0.2, 0) is 9.59 Å². The molecule has 36 heavy (non-hydrogen) atoms. The molecule has 1 fully saturated rings. The maximum absolute atomic E-state index is 13.1. The maximum atomic E-state index is 13.1. The van der Waals surface area contributed by atoms with Crippen LogP contribution in [-0.4, -0.2) is 36.8 Å². The number of amides is 2. The third-order valence-electron chi connectivity index (χ3n) is 5.40. The number of nitrogens with one attached hydrogen (secondary N) is 1. The summed E-state index contributed by atoms with van der Waals surface area (Å²) < 4.78 is 6.14. The molecule has 6 nitrogen and oxygen atoms in total. The summed E-state index contributed by atoms with van der Waals surface area (Å²) in [6.45, 7) is 1.73. The quantitative estimate of drug-likeness (QED) is 0.288. The third kappa shape index (κ3) is 6.07. The fraction of sp³-hybridized carbons (Fsp3) is 0.148. The molecule has 1 saturated heterocycles. The highest BCUT2D eigenvalue weighted by atomic mass is 35.5. The van der Waals surface area contributed by atoms with Gasteiger partial charge in [0.15, 0.2) is 10.9 Å². The van der Waals surface area contributed by atoms with E-state index in [1.54, 1.807) is 36.4 Å². The minimum absolute atomic E-state index is 0.167. The van der Waals surface area contributed by atoms with Gasteiger partial charge in [0.2, 0.25) is 0 Å². The number of anilines is 3. The zero-order chi connectivity index (χ0) is 25.8. The Morgan fingerprint density at radius 3 is 2.58 bits per heavy atom. The number of ether oxygens (including phenoxy) is 1.